The summed E-state index contributed by atoms with van der Waals surface area (Å²) in [5, 5.41) is 14.5. The molecule has 2 heterocycles. The number of allylic oxidation sites excluding steroid dienone is 1. The molecular weight excluding hydrogens is 380 g/mol. The quantitative estimate of drug-likeness (QED) is 0.715. The van der Waals surface area contributed by atoms with Crippen LogP contribution in [0.15, 0.2) is 53.9 Å². The molecule has 0 saturated carbocycles. The van der Waals surface area contributed by atoms with E-state index in [2.05, 4.69) is 6.07 Å². The van der Waals surface area contributed by atoms with Gasteiger partial charge in [0.2, 0.25) is 11.8 Å². The van der Waals surface area contributed by atoms with Crippen molar-refractivity contribution in [2.24, 2.45) is 5.73 Å². The van der Waals surface area contributed by atoms with Crippen molar-refractivity contribution in [3.8, 4) is 29.1 Å². The number of nitrogens with two attached hydrogens (primary N) is 1. The molecule has 7 nitrogen and oxygen atoms in total. The normalized spacial score (nSPS) is 15.2. The lowest BCUT2D eigenvalue weighted by Gasteiger charge is -2.25. The Bertz CT molecular complexity index is 1190. The van der Waals surface area contributed by atoms with Crippen LogP contribution in [0.5, 0.6) is 17.4 Å². The SMILES string of the molecule is COc1ccc([C@@H]2C(C#N)=C(N)Oc3c2c(C)nn3-c2ccc(C)cc2)cc1OC. The highest BCUT2D eigenvalue weighted by molar-refractivity contribution is 5.59. The van der Waals surface area contributed by atoms with Crippen molar-refractivity contribution < 1.29 is 14.2 Å². The summed E-state index contributed by atoms with van der Waals surface area (Å²) in [6.07, 6.45) is 0. The fraction of sp³-hybridized carbons (Fsp3) is 0.217. The Morgan fingerprint density at radius 1 is 1.07 bits per heavy atom. The molecule has 3 aromatic rings. The van der Waals surface area contributed by atoms with Gasteiger partial charge in [-0.3, -0.25) is 0 Å². The maximum absolute atomic E-state index is 9.84. The zero-order chi connectivity index (χ0) is 21.4. The second kappa shape index (κ2) is 7.48. The molecule has 1 aliphatic rings. The molecule has 1 atom stereocenters. The summed E-state index contributed by atoms with van der Waals surface area (Å²) in [5.74, 6) is 1.32. The summed E-state index contributed by atoms with van der Waals surface area (Å²) in [6.45, 7) is 3.92. The first-order valence-corrected chi connectivity index (χ1v) is 9.44. The molecule has 1 aromatic heterocycles. The van der Waals surface area contributed by atoms with Crippen LogP contribution >= 0.6 is 0 Å². The number of methoxy groups -OCH3 is 2. The third-order valence-electron chi connectivity index (χ3n) is 5.25. The lowest BCUT2D eigenvalue weighted by Crippen LogP contribution is -2.22. The number of nitriles is 1. The lowest BCUT2D eigenvalue weighted by molar-refractivity contribution is 0.353. The van der Waals surface area contributed by atoms with Gasteiger partial charge in [0.25, 0.3) is 0 Å². The summed E-state index contributed by atoms with van der Waals surface area (Å²) >= 11 is 0. The Morgan fingerprint density at radius 3 is 2.40 bits per heavy atom. The van der Waals surface area contributed by atoms with Crippen LogP contribution in [0.1, 0.15) is 28.3 Å². The molecule has 0 unspecified atom stereocenters. The van der Waals surface area contributed by atoms with Gasteiger partial charge in [-0.05, 0) is 43.7 Å². The van der Waals surface area contributed by atoms with Crippen molar-refractivity contribution >= 4 is 0 Å². The third-order valence-corrected chi connectivity index (χ3v) is 5.25. The van der Waals surface area contributed by atoms with E-state index in [1.54, 1.807) is 18.9 Å². The molecule has 0 amide bonds. The summed E-state index contributed by atoms with van der Waals surface area (Å²) in [6, 6.07) is 15.7. The molecule has 1 aliphatic heterocycles. The molecule has 0 fully saturated rings. The second-order valence-electron chi connectivity index (χ2n) is 7.09. The molecule has 0 saturated heterocycles. The van der Waals surface area contributed by atoms with Crippen LogP contribution in [-0.2, 0) is 0 Å². The first kappa shape index (κ1) is 19.4. The average molecular weight is 402 g/mol. The van der Waals surface area contributed by atoms with Gasteiger partial charge in [0.1, 0.15) is 11.6 Å². The van der Waals surface area contributed by atoms with Gasteiger partial charge in [-0.25, -0.2) is 4.68 Å². The molecule has 30 heavy (non-hydrogen) atoms. The van der Waals surface area contributed by atoms with Gasteiger partial charge in [0, 0.05) is 0 Å². The minimum Gasteiger partial charge on any atom is -0.493 e. The van der Waals surface area contributed by atoms with Crippen LogP contribution in [0, 0.1) is 25.2 Å². The van der Waals surface area contributed by atoms with Gasteiger partial charge in [-0.2, -0.15) is 10.4 Å². The number of benzene rings is 2. The summed E-state index contributed by atoms with van der Waals surface area (Å²) in [5.41, 5.74) is 10.9. The molecule has 0 bridgehead atoms. The van der Waals surface area contributed by atoms with E-state index in [1.807, 2.05) is 56.3 Å². The first-order chi connectivity index (χ1) is 14.5. The minimum atomic E-state index is -0.433. The predicted molar refractivity (Wildman–Crippen MR) is 112 cm³/mol. The molecule has 0 aliphatic carbocycles. The van der Waals surface area contributed by atoms with E-state index in [9.17, 15) is 5.26 Å². The Labute approximate surface area is 174 Å². The number of hydrogen-bond acceptors (Lipinski definition) is 6. The Morgan fingerprint density at radius 2 is 1.77 bits per heavy atom. The van der Waals surface area contributed by atoms with Gasteiger partial charge >= 0.3 is 0 Å². The standard InChI is InChI=1S/C23H22N4O3/c1-13-5-8-16(9-6-13)27-23-20(14(2)26-27)21(17(12-24)22(25)30-23)15-7-10-18(28-3)19(11-15)29-4/h5-11,21H,25H2,1-4H3/t21-/m1/s1. The summed E-state index contributed by atoms with van der Waals surface area (Å²) in [7, 11) is 3.16. The van der Waals surface area contributed by atoms with Crippen molar-refractivity contribution in [3.05, 3.63) is 76.3 Å². The fourth-order valence-electron chi connectivity index (χ4n) is 3.74. The van der Waals surface area contributed by atoms with Gasteiger partial charge in [0.05, 0.1) is 37.1 Å². The van der Waals surface area contributed by atoms with Gasteiger partial charge in [-0.1, -0.05) is 23.8 Å². The molecule has 2 aromatic carbocycles. The maximum atomic E-state index is 9.84. The molecular formula is C23H22N4O3. The van der Waals surface area contributed by atoms with Crippen molar-refractivity contribution in [1.29, 1.82) is 5.26 Å². The Kier molecular flexibility index (Phi) is 4.84. The lowest BCUT2D eigenvalue weighted by atomic mass is 9.84. The van der Waals surface area contributed by atoms with Crippen molar-refractivity contribution in [1.82, 2.24) is 9.78 Å². The molecule has 152 valence electrons. The second-order valence-corrected chi connectivity index (χ2v) is 7.09. The number of aromatic nitrogens is 2. The van der Waals surface area contributed by atoms with Gasteiger partial charge in [-0.15, -0.1) is 0 Å². The van der Waals surface area contributed by atoms with Crippen molar-refractivity contribution in [2.75, 3.05) is 14.2 Å². The smallest absolute Gasteiger partial charge is 0.229 e. The number of rotatable bonds is 4. The van der Waals surface area contributed by atoms with Crippen LogP contribution in [0.25, 0.3) is 5.69 Å². The van der Waals surface area contributed by atoms with Crippen molar-refractivity contribution in [3.63, 3.8) is 0 Å². The van der Waals surface area contributed by atoms with Crippen LogP contribution < -0.4 is 19.9 Å². The minimum absolute atomic E-state index is 0.0676. The third kappa shape index (κ3) is 3.03. The van der Waals surface area contributed by atoms with E-state index in [0.29, 0.717) is 23.0 Å². The number of nitrogens with zero attached hydrogens (tertiary/aromatic N) is 3. The average Bonchev–Trinajstić information content (AvgIpc) is 3.08. The highest BCUT2D eigenvalue weighted by Crippen LogP contribution is 2.46. The summed E-state index contributed by atoms with van der Waals surface area (Å²) in [4.78, 5) is 0. The Balaban J connectivity index is 1.93. The first-order valence-electron chi connectivity index (χ1n) is 9.44. The monoisotopic (exact) mass is 402 g/mol. The number of aryl methyl sites for hydroxylation is 2. The van der Waals surface area contributed by atoms with Crippen LogP contribution in [0.3, 0.4) is 0 Å². The maximum Gasteiger partial charge on any atom is 0.229 e. The van der Waals surface area contributed by atoms with E-state index < -0.39 is 5.92 Å². The number of hydrogen-bond donors (Lipinski definition) is 1. The predicted octanol–water partition coefficient (Wildman–Crippen LogP) is 3.72. The zero-order valence-electron chi connectivity index (χ0n) is 17.3. The van der Waals surface area contributed by atoms with Crippen LogP contribution in [0.4, 0.5) is 0 Å². The highest BCUT2D eigenvalue weighted by Gasteiger charge is 2.36. The van der Waals surface area contributed by atoms with Gasteiger partial charge in [0.15, 0.2) is 11.5 Å². The molecule has 2 N–H and O–H groups in total. The molecule has 0 radical (unpaired) electrons. The molecule has 0 spiro atoms. The zero-order valence-corrected chi connectivity index (χ0v) is 17.3. The largest absolute Gasteiger partial charge is 0.493 e. The van der Waals surface area contributed by atoms with E-state index in [0.717, 1.165) is 28.1 Å². The van der Waals surface area contributed by atoms with E-state index in [1.165, 1.54) is 0 Å². The van der Waals surface area contributed by atoms with E-state index in [4.69, 9.17) is 25.0 Å². The Hall–Kier alpha value is -3.92. The highest BCUT2D eigenvalue weighted by atomic mass is 16.5. The van der Waals surface area contributed by atoms with Crippen molar-refractivity contribution in [2.45, 2.75) is 19.8 Å². The number of ether oxygens (including phenoxy) is 3. The topological polar surface area (TPSA) is 95.3 Å². The van der Waals surface area contributed by atoms with Crippen LogP contribution in [0.2, 0.25) is 0 Å². The van der Waals surface area contributed by atoms with Crippen LogP contribution in [-0.4, -0.2) is 24.0 Å². The summed E-state index contributed by atoms with van der Waals surface area (Å²) < 4.78 is 18.4. The fourth-order valence-corrected chi connectivity index (χ4v) is 3.74. The number of fused-ring (bicyclic) bond motifs is 1. The van der Waals surface area contributed by atoms with E-state index in [-0.39, 0.29) is 5.88 Å². The van der Waals surface area contributed by atoms with Gasteiger partial charge < -0.3 is 19.9 Å². The molecule has 4 rings (SSSR count). The van der Waals surface area contributed by atoms with E-state index >= 15 is 0 Å². The molecule has 7 heteroatoms.